The van der Waals surface area contributed by atoms with Crippen molar-refractivity contribution in [2.45, 2.75) is 77.7 Å². The first kappa shape index (κ1) is 17.9. The fourth-order valence-electron chi connectivity index (χ4n) is 2.08. The molecule has 0 saturated carbocycles. The molecule has 0 aromatic heterocycles. The first-order valence-electron chi connectivity index (χ1n) is 7.48. The van der Waals surface area contributed by atoms with Crippen LogP contribution in [0.25, 0.3) is 0 Å². The maximum absolute atomic E-state index is 11.1. The van der Waals surface area contributed by atoms with E-state index in [0.29, 0.717) is 6.42 Å². The maximum atomic E-state index is 11.1. The zero-order valence-electron chi connectivity index (χ0n) is 12.7. The van der Waals surface area contributed by atoms with Gasteiger partial charge in [0.05, 0.1) is 0 Å². The Labute approximate surface area is 117 Å². The zero-order valence-corrected chi connectivity index (χ0v) is 12.7. The van der Waals surface area contributed by atoms with Gasteiger partial charge in [0, 0.05) is 20.4 Å². The van der Waals surface area contributed by atoms with E-state index >= 15 is 0 Å². The van der Waals surface area contributed by atoms with Crippen molar-refractivity contribution in [1.29, 1.82) is 0 Å². The molecule has 4 nitrogen and oxygen atoms in total. The molecule has 0 aromatic carbocycles. The van der Waals surface area contributed by atoms with Crippen LogP contribution in [0.2, 0.25) is 0 Å². The van der Waals surface area contributed by atoms with Gasteiger partial charge in [-0.25, -0.2) is 0 Å². The summed E-state index contributed by atoms with van der Waals surface area (Å²) in [6.07, 6.45) is 8.94. The molecule has 0 radical (unpaired) electrons. The molecule has 1 N–H and O–H groups in total. The monoisotopic (exact) mass is 271 g/mol. The molecule has 0 unspecified atom stereocenters. The zero-order chi connectivity index (χ0) is 14.5. The van der Waals surface area contributed by atoms with Gasteiger partial charge in [0.15, 0.2) is 0 Å². The van der Waals surface area contributed by atoms with Crippen LogP contribution >= 0.6 is 0 Å². The van der Waals surface area contributed by atoms with Crippen LogP contribution in [0.15, 0.2) is 0 Å². The van der Waals surface area contributed by atoms with E-state index in [0.717, 1.165) is 32.1 Å². The number of carbonyl (C=O) groups excluding carboxylic acids is 2. The molecular formula is C15H29NO3. The molecule has 4 heteroatoms. The number of rotatable bonds is 11. The largest absolute Gasteiger partial charge is 0.463 e. The Morgan fingerprint density at radius 3 is 2.21 bits per heavy atom. The van der Waals surface area contributed by atoms with Gasteiger partial charge in [-0.2, -0.15) is 0 Å². The summed E-state index contributed by atoms with van der Waals surface area (Å²) >= 11 is 0. The molecule has 0 fully saturated rings. The molecular weight excluding hydrogens is 242 g/mol. The third-order valence-electron chi connectivity index (χ3n) is 3.17. The third-order valence-corrected chi connectivity index (χ3v) is 3.17. The summed E-state index contributed by atoms with van der Waals surface area (Å²) in [4.78, 5) is 22.1. The third kappa shape index (κ3) is 11.7. The molecule has 0 bridgehead atoms. The number of amides is 1. The molecule has 19 heavy (non-hydrogen) atoms. The van der Waals surface area contributed by atoms with Crippen molar-refractivity contribution in [2.75, 3.05) is 7.05 Å². The van der Waals surface area contributed by atoms with Gasteiger partial charge in [-0.1, -0.05) is 26.2 Å². The summed E-state index contributed by atoms with van der Waals surface area (Å²) in [7, 11) is 1.65. The van der Waals surface area contributed by atoms with Crippen LogP contribution in [0.3, 0.4) is 0 Å². The molecule has 0 rings (SSSR count). The van der Waals surface area contributed by atoms with Crippen LogP contribution in [0, 0.1) is 0 Å². The number of hydrogen-bond acceptors (Lipinski definition) is 3. The lowest BCUT2D eigenvalue weighted by molar-refractivity contribution is -0.147. The van der Waals surface area contributed by atoms with E-state index in [1.165, 1.54) is 26.2 Å². The molecule has 0 heterocycles. The highest BCUT2D eigenvalue weighted by atomic mass is 16.5. The highest BCUT2D eigenvalue weighted by Crippen LogP contribution is 2.15. The summed E-state index contributed by atoms with van der Waals surface area (Å²) in [5.74, 6) is -0.126. The molecule has 0 spiro atoms. The van der Waals surface area contributed by atoms with Gasteiger partial charge in [0.2, 0.25) is 5.91 Å². The highest BCUT2D eigenvalue weighted by Gasteiger charge is 2.11. The molecule has 0 aliphatic carbocycles. The lowest BCUT2D eigenvalue weighted by Crippen LogP contribution is -2.18. The molecule has 1 amide bonds. The van der Waals surface area contributed by atoms with E-state index in [4.69, 9.17) is 4.74 Å². The van der Waals surface area contributed by atoms with Crippen molar-refractivity contribution < 1.29 is 14.3 Å². The van der Waals surface area contributed by atoms with Crippen molar-refractivity contribution in [1.82, 2.24) is 5.32 Å². The Hall–Kier alpha value is -1.06. The Morgan fingerprint density at radius 1 is 1.05 bits per heavy atom. The van der Waals surface area contributed by atoms with Crippen molar-refractivity contribution in [3.05, 3.63) is 0 Å². The lowest BCUT2D eigenvalue weighted by atomic mass is 10.0. The Balaban J connectivity index is 3.79. The van der Waals surface area contributed by atoms with Crippen molar-refractivity contribution in [3.63, 3.8) is 0 Å². The topological polar surface area (TPSA) is 55.4 Å². The van der Waals surface area contributed by atoms with Gasteiger partial charge in [-0.3, -0.25) is 9.59 Å². The molecule has 0 saturated heterocycles. The van der Waals surface area contributed by atoms with Crippen molar-refractivity contribution >= 4 is 11.9 Å². The minimum atomic E-state index is -0.202. The van der Waals surface area contributed by atoms with Crippen LogP contribution in [0.4, 0.5) is 0 Å². The second kappa shape index (κ2) is 12.0. The standard InChI is InChI=1S/C15H29NO3/c1-4-5-6-7-10-14(19-13(2)17)11-8-9-12-15(18)16-3/h14H,4-12H2,1-3H3,(H,16,18)/t14-/m0/s1. The Bertz CT molecular complexity index is 254. The van der Waals surface area contributed by atoms with Crippen LogP contribution < -0.4 is 5.32 Å². The van der Waals surface area contributed by atoms with Gasteiger partial charge in [-0.05, 0) is 32.1 Å². The summed E-state index contributed by atoms with van der Waals surface area (Å²) in [6.45, 7) is 3.64. The fourth-order valence-corrected chi connectivity index (χ4v) is 2.08. The van der Waals surface area contributed by atoms with Crippen molar-refractivity contribution in [3.8, 4) is 0 Å². The van der Waals surface area contributed by atoms with Crippen LogP contribution in [-0.4, -0.2) is 25.0 Å². The number of hydrogen-bond donors (Lipinski definition) is 1. The number of carbonyl (C=O) groups is 2. The van der Waals surface area contributed by atoms with E-state index in [-0.39, 0.29) is 18.0 Å². The molecule has 1 atom stereocenters. The van der Waals surface area contributed by atoms with Gasteiger partial charge < -0.3 is 10.1 Å². The molecule has 0 aliphatic rings. The minimum Gasteiger partial charge on any atom is -0.463 e. The van der Waals surface area contributed by atoms with Gasteiger partial charge in [-0.15, -0.1) is 0 Å². The smallest absolute Gasteiger partial charge is 0.302 e. The van der Waals surface area contributed by atoms with Gasteiger partial charge >= 0.3 is 5.97 Å². The maximum Gasteiger partial charge on any atom is 0.302 e. The summed E-state index contributed by atoms with van der Waals surface area (Å²) in [5.41, 5.74) is 0. The SMILES string of the molecule is CCCCCC[C@@H](CCCCC(=O)NC)OC(C)=O. The number of nitrogens with one attached hydrogen (secondary N) is 1. The first-order valence-corrected chi connectivity index (χ1v) is 7.48. The fraction of sp³-hybridized carbons (Fsp3) is 0.867. The summed E-state index contributed by atoms with van der Waals surface area (Å²) < 4.78 is 5.32. The van der Waals surface area contributed by atoms with E-state index < -0.39 is 0 Å². The molecule has 0 aliphatic heterocycles. The predicted molar refractivity (Wildman–Crippen MR) is 76.8 cm³/mol. The predicted octanol–water partition coefficient (Wildman–Crippen LogP) is 3.19. The Kier molecular flexibility index (Phi) is 11.3. The number of unbranched alkanes of at least 4 members (excludes halogenated alkanes) is 4. The minimum absolute atomic E-state index is 0.0269. The van der Waals surface area contributed by atoms with Crippen LogP contribution in [0.5, 0.6) is 0 Å². The normalized spacial score (nSPS) is 11.9. The van der Waals surface area contributed by atoms with Crippen LogP contribution in [-0.2, 0) is 14.3 Å². The second-order valence-corrected chi connectivity index (χ2v) is 5.00. The average molecular weight is 271 g/mol. The van der Waals surface area contributed by atoms with E-state index in [2.05, 4.69) is 12.2 Å². The first-order chi connectivity index (χ1) is 9.10. The van der Waals surface area contributed by atoms with Gasteiger partial charge in [0.25, 0.3) is 0 Å². The van der Waals surface area contributed by atoms with E-state index in [1.54, 1.807) is 7.05 Å². The summed E-state index contributed by atoms with van der Waals surface area (Å²) in [6, 6.07) is 0. The van der Waals surface area contributed by atoms with Crippen LogP contribution in [0.1, 0.15) is 71.6 Å². The number of ether oxygens (including phenoxy) is 1. The lowest BCUT2D eigenvalue weighted by Gasteiger charge is -2.16. The molecule has 0 aromatic rings. The van der Waals surface area contributed by atoms with E-state index in [9.17, 15) is 9.59 Å². The average Bonchev–Trinajstić information content (AvgIpc) is 2.38. The highest BCUT2D eigenvalue weighted by molar-refractivity contribution is 5.75. The van der Waals surface area contributed by atoms with E-state index in [1.807, 2.05) is 0 Å². The van der Waals surface area contributed by atoms with Gasteiger partial charge in [0.1, 0.15) is 6.10 Å². The Morgan fingerprint density at radius 2 is 1.68 bits per heavy atom. The quantitative estimate of drug-likeness (QED) is 0.464. The van der Waals surface area contributed by atoms with Crippen molar-refractivity contribution in [2.24, 2.45) is 0 Å². The second-order valence-electron chi connectivity index (χ2n) is 5.00. The summed E-state index contributed by atoms with van der Waals surface area (Å²) in [5, 5.41) is 2.61. The number of esters is 1. The molecule has 112 valence electrons.